The Morgan fingerprint density at radius 1 is 1.14 bits per heavy atom. The maximum absolute atomic E-state index is 4.64. The Balaban J connectivity index is 2.31. The molecule has 0 spiro atoms. The van der Waals surface area contributed by atoms with Crippen molar-refractivity contribution >= 4 is 0 Å². The number of hydrogen-bond acceptors (Lipinski definition) is 2. The van der Waals surface area contributed by atoms with Crippen LogP contribution in [0.3, 0.4) is 0 Å². The third-order valence-corrected chi connectivity index (χ3v) is 3.64. The second-order valence-corrected chi connectivity index (χ2v) is 6.43. The van der Waals surface area contributed by atoms with Crippen molar-refractivity contribution in [1.29, 1.82) is 0 Å². The molecular weight excluding hydrogens is 258 g/mol. The monoisotopic (exact) mass is 285 g/mol. The summed E-state index contributed by atoms with van der Waals surface area (Å²) in [5.74, 6) is 1.11. The summed E-state index contributed by atoms with van der Waals surface area (Å²) in [6, 6.07) is 8.42. The highest BCUT2D eigenvalue weighted by atomic mass is 15.3. The molecule has 2 aromatic rings. The molecule has 0 amide bonds. The van der Waals surface area contributed by atoms with Gasteiger partial charge in [-0.2, -0.15) is 5.10 Å². The third-order valence-electron chi connectivity index (χ3n) is 3.64. The van der Waals surface area contributed by atoms with Gasteiger partial charge in [-0.1, -0.05) is 45.9 Å². The molecule has 0 saturated heterocycles. The van der Waals surface area contributed by atoms with Gasteiger partial charge in [0, 0.05) is 12.1 Å². The van der Waals surface area contributed by atoms with E-state index in [1.54, 1.807) is 0 Å². The minimum Gasteiger partial charge on any atom is -0.312 e. The van der Waals surface area contributed by atoms with E-state index in [0.29, 0.717) is 11.8 Å². The van der Waals surface area contributed by atoms with Gasteiger partial charge in [0.05, 0.1) is 17.6 Å². The van der Waals surface area contributed by atoms with Crippen LogP contribution in [0, 0.1) is 12.8 Å². The summed E-state index contributed by atoms with van der Waals surface area (Å²) in [5, 5.41) is 8.17. The van der Waals surface area contributed by atoms with Crippen molar-refractivity contribution in [1.82, 2.24) is 15.1 Å². The molecule has 0 aliphatic carbocycles. The summed E-state index contributed by atoms with van der Waals surface area (Å²) >= 11 is 0. The molecule has 0 fully saturated rings. The summed E-state index contributed by atoms with van der Waals surface area (Å²) in [6.07, 6.45) is 2.01. The fourth-order valence-electron chi connectivity index (χ4n) is 2.63. The predicted molar refractivity (Wildman–Crippen MR) is 88.9 cm³/mol. The van der Waals surface area contributed by atoms with Crippen LogP contribution in [0.15, 0.2) is 30.5 Å². The molecule has 0 aliphatic rings. The molecule has 3 nitrogen and oxygen atoms in total. The van der Waals surface area contributed by atoms with Crippen LogP contribution >= 0.6 is 0 Å². The highest BCUT2D eigenvalue weighted by Gasteiger charge is 2.16. The van der Waals surface area contributed by atoms with Gasteiger partial charge in [-0.05, 0) is 36.9 Å². The second kappa shape index (κ2) is 6.90. The maximum atomic E-state index is 4.64. The van der Waals surface area contributed by atoms with E-state index in [9.17, 15) is 0 Å². The van der Waals surface area contributed by atoms with Gasteiger partial charge < -0.3 is 5.32 Å². The number of benzene rings is 1. The Morgan fingerprint density at radius 3 is 2.48 bits per heavy atom. The highest BCUT2D eigenvalue weighted by molar-refractivity contribution is 5.42. The lowest BCUT2D eigenvalue weighted by Crippen LogP contribution is -2.20. The summed E-state index contributed by atoms with van der Waals surface area (Å²) in [5.41, 5.74) is 5.04. The standard InChI is InChI=1S/C18H27N3/c1-13(2)10-19-11-16-12-20-21(18(16)14(3)4)17-9-7-6-8-15(17)5/h6-9,12-14,19H,10-11H2,1-5H3. The van der Waals surface area contributed by atoms with Crippen molar-refractivity contribution in [2.45, 2.75) is 47.1 Å². The number of nitrogens with zero attached hydrogens (tertiary/aromatic N) is 2. The Morgan fingerprint density at radius 2 is 1.86 bits per heavy atom. The van der Waals surface area contributed by atoms with Gasteiger partial charge in [-0.25, -0.2) is 4.68 Å². The zero-order chi connectivity index (χ0) is 15.4. The molecule has 1 aromatic heterocycles. The van der Waals surface area contributed by atoms with E-state index in [1.807, 2.05) is 6.20 Å². The molecule has 0 atom stereocenters. The fourth-order valence-corrected chi connectivity index (χ4v) is 2.63. The average Bonchev–Trinajstić information content (AvgIpc) is 2.82. The molecule has 21 heavy (non-hydrogen) atoms. The van der Waals surface area contributed by atoms with Gasteiger partial charge in [-0.3, -0.25) is 0 Å². The summed E-state index contributed by atoms with van der Waals surface area (Å²) < 4.78 is 2.10. The first-order valence-electron chi connectivity index (χ1n) is 7.84. The van der Waals surface area contributed by atoms with Crippen molar-refractivity contribution in [2.75, 3.05) is 6.54 Å². The smallest absolute Gasteiger partial charge is 0.0678 e. The van der Waals surface area contributed by atoms with E-state index in [2.05, 4.69) is 74.0 Å². The SMILES string of the molecule is Cc1ccccc1-n1ncc(CNCC(C)C)c1C(C)C. The first-order chi connectivity index (χ1) is 10.0. The van der Waals surface area contributed by atoms with Crippen molar-refractivity contribution in [2.24, 2.45) is 5.92 Å². The molecule has 0 unspecified atom stereocenters. The fraction of sp³-hybridized carbons (Fsp3) is 0.500. The summed E-state index contributed by atoms with van der Waals surface area (Å²) in [4.78, 5) is 0. The van der Waals surface area contributed by atoms with E-state index in [1.165, 1.54) is 22.5 Å². The quantitative estimate of drug-likeness (QED) is 0.867. The number of aromatic nitrogens is 2. The van der Waals surface area contributed by atoms with E-state index >= 15 is 0 Å². The van der Waals surface area contributed by atoms with Crippen LogP contribution in [0.25, 0.3) is 5.69 Å². The Kier molecular flexibility index (Phi) is 5.18. The van der Waals surface area contributed by atoms with Crippen molar-refractivity contribution in [3.63, 3.8) is 0 Å². The zero-order valence-corrected chi connectivity index (χ0v) is 13.9. The van der Waals surface area contributed by atoms with Gasteiger partial charge in [0.2, 0.25) is 0 Å². The van der Waals surface area contributed by atoms with E-state index < -0.39 is 0 Å². The molecular formula is C18H27N3. The summed E-state index contributed by atoms with van der Waals surface area (Å²) in [7, 11) is 0. The predicted octanol–water partition coefficient (Wildman–Crippen LogP) is 4.05. The third kappa shape index (κ3) is 3.73. The maximum Gasteiger partial charge on any atom is 0.0678 e. The lowest BCUT2D eigenvalue weighted by atomic mass is 10.0. The normalized spacial score (nSPS) is 11.6. The highest BCUT2D eigenvalue weighted by Crippen LogP contribution is 2.24. The number of aryl methyl sites for hydroxylation is 1. The Bertz CT molecular complexity index is 582. The van der Waals surface area contributed by atoms with Crippen molar-refractivity contribution < 1.29 is 0 Å². The summed E-state index contributed by atoms with van der Waals surface area (Å²) in [6.45, 7) is 13.0. The lowest BCUT2D eigenvalue weighted by molar-refractivity contribution is 0.549. The van der Waals surface area contributed by atoms with E-state index in [4.69, 9.17) is 0 Å². The van der Waals surface area contributed by atoms with E-state index in [-0.39, 0.29) is 0 Å². The van der Waals surface area contributed by atoms with Crippen molar-refractivity contribution in [3.8, 4) is 5.69 Å². The van der Waals surface area contributed by atoms with Gasteiger partial charge in [-0.15, -0.1) is 0 Å². The molecule has 0 saturated carbocycles. The number of nitrogens with one attached hydrogen (secondary N) is 1. The molecule has 114 valence electrons. The zero-order valence-electron chi connectivity index (χ0n) is 13.9. The van der Waals surface area contributed by atoms with Crippen LogP contribution in [0.5, 0.6) is 0 Å². The molecule has 3 heteroatoms. The van der Waals surface area contributed by atoms with Gasteiger partial charge in [0.1, 0.15) is 0 Å². The Hall–Kier alpha value is -1.61. The minimum atomic E-state index is 0.447. The van der Waals surface area contributed by atoms with Gasteiger partial charge in [0.25, 0.3) is 0 Å². The number of hydrogen-bond donors (Lipinski definition) is 1. The second-order valence-electron chi connectivity index (χ2n) is 6.43. The molecule has 2 rings (SSSR count). The van der Waals surface area contributed by atoms with Crippen LogP contribution in [-0.2, 0) is 6.54 Å². The lowest BCUT2D eigenvalue weighted by Gasteiger charge is -2.15. The molecule has 1 N–H and O–H groups in total. The van der Waals surface area contributed by atoms with Crippen LogP contribution in [0.2, 0.25) is 0 Å². The largest absolute Gasteiger partial charge is 0.312 e. The van der Waals surface area contributed by atoms with E-state index in [0.717, 1.165) is 13.1 Å². The molecule has 1 heterocycles. The van der Waals surface area contributed by atoms with Crippen LogP contribution < -0.4 is 5.32 Å². The van der Waals surface area contributed by atoms with Crippen LogP contribution in [0.1, 0.15) is 50.4 Å². The van der Waals surface area contributed by atoms with Gasteiger partial charge >= 0.3 is 0 Å². The van der Waals surface area contributed by atoms with Gasteiger partial charge in [0.15, 0.2) is 0 Å². The number of para-hydroxylation sites is 1. The molecule has 1 aromatic carbocycles. The molecule has 0 aliphatic heterocycles. The molecule has 0 bridgehead atoms. The Labute approximate surface area is 128 Å². The van der Waals surface area contributed by atoms with Crippen LogP contribution in [0.4, 0.5) is 0 Å². The average molecular weight is 285 g/mol. The van der Waals surface area contributed by atoms with Crippen molar-refractivity contribution in [3.05, 3.63) is 47.3 Å². The minimum absolute atomic E-state index is 0.447. The van der Waals surface area contributed by atoms with Crippen LogP contribution in [-0.4, -0.2) is 16.3 Å². The first kappa shape index (κ1) is 15.8. The number of rotatable bonds is 6. The first-order valence-corrected chi connectivity index (χ1v) is 7.84. The topological polar surface area (TPSA) is 29.9 Å². The molecule has 0 radical (unpaired) electrons.